The zero-order chi connectivity index (χ0) is 38.6. The minimum atomic E-state index is -1.18. The number of nitrogens with zero attached hydrogens (tertiary/aromatic N) is 4. The number of methoxy groups -OCH3 is 1. The van der Waals surface area contributed by atoms with Crippen molar-refractivity contribution >= 4 is 46.5 Å². The van der Waals surface area contributed by atoms with E-state index in [1.165, 1.54) is 20.1 Å². The van der Waals surface area contributed by atoms with E-state index in [1.54, 1.807) is 68.1 Å². The fraction of sp³-hybridized carbons (Fsp3) is 0.350. The largest absolute Gasteiger partial charge is 0.480 e. The number of hydrogen-bond acceptors (Lipinski definition) is 9. The summed E-state index contributed by atoms with van der Waals surface area (Å²) in [5, 5.41) is 7.69. The third kappa shape index (κ3) is 9.37. The molecule has 1 aliphatic heterocycles. The third-order valence-electron chi connectivity index (χ3n) is 8.81. The van der Waals surface area contributed by atoms with Crippen molar-refractivity contribution in [1.82, 2.24) is 14.7 Å². The van der Waals surface area contributed by atoms with Gasteiger partial charge < -0.3 is 19.7 Å². The van der Waals surface area contributed by atoms with E-state index in [0.29, 0.717) is 46.1 Å². The van der Waals surface area contributed by atoms with E-state index >= 15 is 0 Å². The lowest BCUT2D eigenvalue weighted by Crippen LogP contribution is -2.52. The molecule has 278 valence electrons. The topological polar surface area (TPSA) is 140 Å². The second-order valence-corrected chi connectivity index (χ2v) is 14.6. The van der Waals surface area contributed by atoms with E-state index in [-0.39, 0.29) is 35.6 Å². The number of Topliss-reactive ketones (excluding diaryl/α,β-unsaturated/α-hetero) is 1. The number of hydrogen-bond donors (Lipinski definition) is 1. The molecule has 5 rings (SSSR count). The number of nitrogens with one attached hydrogen (secondary N) is 1. The van der Waals surface area contributed by atoms with Crippen molar-refractivity contribution in [2.75, 3.05) is 37.0 Å². The van der Waals surface area contributed by atoms with Gasteiger partial charge in [-0.15, -0.1) is 5.10 Å². The van der Waals surface area contributed by atoms with Crippen LogP contribution in [-0.4, -0.2) is 76.6 Å². The summed E-state index contributed by atoms with van der Waals surface area (Å²) in [5.74, 6) is -1.30. The molecule has 4 aromatic rings. The third-order valence-corrected chi connectivity index (χ3v) is 9.04. The molecule has 2 amide bonds. The summed E-state index contributed by atoms with van der Waals surface area (Å²) < 4.78 is 12.1. The highest BCUT2D eigenvalue weighted by Crippen LogP contribution is 2.33. The Morgan fingerprint density at radius 1 is 0.925 bits per heavy atom. The molecular weight excluding hydrogens is 698 g/mol. The van der Waals surface area contributed by atoms with Crippen LogP contribution in [-0.2, 0) is 20.7 Å². The standard InChI is InChI=1S/C40H44ClN5O7/c1-24(2)44-18-19-45(36(49)23-44)30-15-8-26(9-16-30)20-34(37(50)42-29-13-10-27(11-14-29)39(51)53-40(4,5)6)46-35(48)22-33(38(43-46)52-7)32-21-28(41)12-17-31(32)25(3)47/h8-17,21-22,24,34H,18-20,23H2,1-7H3,(H,42,50). The fourth-order valence-electron chi connectivity index (χ4n) is 6.05. The second-order valence-electron chi connectivity index (χ2n) is 14.2. The Kier molecular flexibility index (Phi) is 11.8. The molecule has 0 radical (unpaired) electrons. The van der Waals surface area contributed by atoms with Crippen molar-refractivity contribution in [3.05, 3.63) is 105 Å². The number of carbonyl (C=O) groups excluding carboxylic acids is 4. The molecule has 53 heavy (non-hydrogen) atoms. The summed E-state index contributed by atoms with van der Waals surface area (Å²) in [4.78, 5) is 69.9. The first-order chi connectivity index (χ1) is 25.0. The average molecular weight is 742 g/mol. The Morgan fingerprint density at radius 3 is 2.19 bits per heavy atom. The molecule has 1 unspecified atom stereocenters. The Bertz CT molecular complexity index is 2070. The molecule has 0 bridgehead atoms. The van der Waals surface area contributed by atoms with Gasteiger partial charge in [0.15, 0.2) is 5.78 Å². The van der Waals surface area contributed by atoms with Crippen LogP contribution in [0, 0.1) is 0 Å². The summed E-state index contributed by atoms with van der Waals surface area (Å²) >= 11 is 6.28. The average Bonchev–Trinajstić information content (AvgIpc) is 3.10. The smallest absolute Gasteiger partial charge is 0.338 e. The minimum Gasteiger partial charge on any atom is -0.480 e. The predicted octanol–water partition coefficient (Wildman–Crippen LogP) is 6.21. The van der Waals surface area contributed by atoms with E-state index in [9.17, 15) is 24.0 Å². The van der Waals surface area contributed by atoms with Gasteiger partial charge in [-0.05, 0) is 107 Å². The highest BCUT2D eigenvalue weighted by molar-refractivity contribution is 6.31. The van der Waals surface area contributed by atoms with Crippen LogP contribution >= 0.6 is 11.6 Å². The van der Waals surface area contributed by atoms with Gasteiger partial charge in [-0.3, -0.25) is 24.1 Å². The van der Waals surface area contributed by atoms with Crippen LogP contribution in [0.2, 0.25) is 5.02 Å². The summed E-state index contributed by atoms with van der Waals surface area (Å²) in [7, 11) is 1.38. The summed E-state index contributed by atoms with van der Waals surface area (Å²) in [6.45, 7) is 12.5. The number of aromatic nitrogens is 2. The number of piperazine rings is 1. The monoisotopic (exact) mass is 741 g/mol. The Balaban J connectivity index is 1.49. The van der Waals surface area contributed by atoms with E-state index in [2.05, 4.69) is 29.2 Å². The van der Waals surface area contributed by atoms with E-state index in [4.69, 9.17) is 21.1 Å². The van der Waals surface area contributed by atoms with Crippen molar-refractivity contribution in [3.63, 3.8) is 0 Å². The summed E-state index contributed by atoms with van der Waals surface area (Å²) in [6.07, 6.45) is 0.0441. The summed E-state index contributed by atoms with van der Waals surface area (Å²) in [5.41, 5.74) is 1.75. The van der Waals surface area contributed by atoms with E-state index < -0.39 is 29.1 Å². The van der Waals surface area contributed by atoms with Gasteiger partial charge in [0.1, 0.15) is 11.6 Å². The maximum atomic E-state index is 14.1. The Hall–Kier alpha value is -5.33. The number of ether oxygens (including phenoxy) is 2. The minimum absolute atomic E-state index is 0.00297. The second kappa shape index (κ2) is 16.1. The number of amides is 2. The molecule has 0 spiro atoms. The molecule has 3 aromatic carbocycles. The maximum absolute atomic E-state index is 14.1. The van der Waals surface area contributed by atoms with Crippen LogP contribution in [0.25, 0.3) is 11.1 Å². The van der Waals surface area contributed by atoms with Gasteiger partial charge in [0, 0.05) is 53.6 Å². The highest BCUT2D eigenvalue weighted by Gasteiger charge is 2.29. The van der Waals surface area contributed by atoms with Gasteiger partial charge in [0.05, 0.1) is 24.8 Å². The van der Waals surface area contributed by atoms with Crippen molar-refractivity contribution in [2.24, 2.45) is 0 Å². The predicted molar refractivity (Wildman–Crippen MR) is 204 cm³/mol. The van der Waals surface area contributed by atoms with Gasteiger partial charge in [0.25, 0.3) is 5.56 Å². The number of esters is 1. The number of carbonyl (C=O) groups is 4. The molecule has 1 aromatic heterocycles. The highest BCUT2D eigenvalue weighted by atomic mass is 35.5. The molecule has 12 nitrogen and oxygen atoms in total. The molecule has 1 fully saturated rings. The van der Waals surface area contributed by atoms with Crippen LogP contribution in [0.5, 0.6) is 5.88 Å². The van der Waals surface area contributed by atoms with Gasteiger partial charge in [0.2, 0.25) is 17.7 Å². The first kappa shape index (κ1) is 38.9. The fourth-order valence-corrected chi connectivity index (χ4v) is 6.22. The van der Waals surface area contributed by atoms with Crippen molar-refractivity contribution < 1.29 is 28.7 Å². The zero-order valence-corrected chi connectivity index (χ0v) is 31.7. The lowest BCUT2D eigenvalue weighted by molar-refractivity contribution is -0.122. The van der Waals surface area contributed by atoms with Crippen molar-refractivity contribution in [2.45, 2.75) is 65.6 Å². The normalized spacial score (nSPS) is 14.2. The van der Waals surface area contributed by atoms with Gasteiger partial charge in [-0.25, -0.2) is 9.48 Å². The number of anilines is 2. The van der Waals surface area contributed by atoms with Crippen LogP contribution in [0.3, 0.4) is 0 Å². The zero-order valence-electron chi connectivity index (χ0n) is 30.9. The molecule has 1 atom stereocenters. The maximum Gasteiger partial charge on any atom is 0.338 e. The number of ketones is 1. The van der Waals surface area contributed by atoms with Crippen LogP contribution in [0.4, 0.5) is 11.4 Å². The quantitative estimate of drug-likeness (QED) is 0.140. The lowest BCUT2D eigenvalue weighted by atomic mass is 9.98. The van der Waals surface area contributed by atoms with Crippen molar-refractivity contribution in [1.29, 1.82) is 0 Å². The van der Waals surface area contributed by atoms with Gasteiger partial charge >= 0.3 is 5.97 Å². The molecule has 1 saturated heterocycles. The molecule has 0 saturated carbocycles. The van der Waals surface area contributed by atoms with Gasteiger partial charge in [-0.2, -0.15) is 0 Å². The Morgan fingerprint density at radius 2 is 1.60 bits per heavy atom. The molecular formula is C40H44ClN5O7. The van der Waals surface area contributed by atoms with Crippen LogP contribution in [0.15, 0.2) is 77.6 Å². The van der Waals surface area contributed by atoms with E-state index in [1.807, 2.05) is 24.3 Å². The first-order valence-corrected chi connectivity index (χ1v) is 17.7. The SMILES string of the molecule is COc1nn(C(Cc2ccc(N3CCN(C(C)C)CC3=O)cc2)C(=O)Nc2ccc(C(=O)OC(C)(C)C)cc2)c(=O)cc1-c1cc(Cl)ccc1C(C)=O. The molecule has 2 heterocycles. The number of rotatable bonds is 11. The van der Waals surface area contributed by atoms with Crippen LogP contribution in [0.1, 0.15) is 73.9 Å². The molecule has 1 N–H and O–H groups in total. The number of halogens is 1. The van der Waals surface area contributed by atoms with Gasteiger partial charge in [-0.1, -0.05) is 23.7 Å². The lowest BCUT2D eigenvalue weighted by Gasteiger charge is -2.36. The number of benzene rings is 3. The Labute approximate surface area is 313 Å². The van der Waals surface area contributed by atoms with Crippen molar-refractivity contribution in [3.8, 4) is 17.0 Å². The van der Waals surface area contributed by atoms with E-state index in [0.717, 1.165) is 16.9 Å². The molecule has 0 aliphatic carbocycles. The molecule has 1 aliphatic rings. The first-order valence-electron chi connectivity index (χ1n) is 17.3. The molecule has 13 heteroatoms. The summed E-state index contributed by atoms with van der Waals surface area (Å²) in [6, 6.07) is 18.6. The van der Waals surface area contributed by atoms with Crippen LogP contribution < -0.4 is 20.5 Å².